The Morgan fingerprint density at radius 1 is 1.17 bits per heavy atom. The lowest BCUT2D eigenvalue weighted by atomic mass is 9.84. The van der Waals surface area contributed by atoms with Crippen LogP contribution in [0, 0.1) is 0 Å². The molecule has 18 heavy (non-hydrogen) atoms. The first-order chi connectivity index (χ1) is 8.64. The van der Waals surface area contributed by atoms with E-state index in [4.69, 9.17) is 5.73 Å². The van der Waals surface area contributed by atoms with E-state index in [1.165, 1.54) is 0 Å². The Hall–Kier alpha value is -1.19. The van der Waals surface area contributed by atoms with Gasteiger partial charge in [0.1, 0.15) is 0 Å². The van der Waals surface area contributed by atoms with Crippen molar-refractivity contribution in [1.29, 1.82) is 0 Å². The molecule has 0 spiro atoms. The molecule has 2 N–H and O–H groups in total. The average molecular weight is 305 g/mol. The maximum atomic E-state index is 6.54. The van der Waals surface area contributed by atoms with Crippen molar-refractivity contribution in [3.63, 3.8) is 0 Å². The van der Waals surface area contributed by atoms with Crippen molar-refractivity contribution in [3.8, 4) is 0 Å². The zero-order chi connectivity index (χ0) is 13.0. The Morgan fingerprint density at radius 3 is 2.44 bits per heavy atom. The van der Waals surface area contributed by atoms with Gasteiger partial charge in [-0.05, 0) is 40.0 Å². The zero-order valence-corrected chi connectivity index (χ0v) is 12.0. The highest BCUT2D eigenvalue weighted by Crippen LogP contribution is 2.26. The van der Waals surface area contributed by atoms with E-state index in [2.05, 4.69) is 40.0 Å². The molecule has 2 aromatic rings. The van der Waals surface area contributed by atoms with Gasteiger partial charge in [0.2, 0.25) is 0 Å². The fourth-order valence-electron chi connectivity index (χ4n) is 2.04. The van der Waals surface area contributed by atoms with Crippen LogP contribution in [0.3, 0.4) is 0 Å². The Kier molecular flexibility index (Phi) is 4.15. The molecule has 94 valence electrons. The van der Waals surface area contributed by atoms with Gasteiger partial charge in [-0.1, -0.05) is 37.3 Å². The number of benzene rings is 1. The van der Waals surface area contributed by atoms with Crippen LogP contribution < -0.4 is 5.73 Å². The van der Waals surface area contributed by atoms with Crippen molar-refractivity contribution < 1.29 is 0 Å². The number of hydrogen-bond acceptors (Lipinski definition) is 2. The molecule has 0 radical (unpaired) electrons. The molecule has 0 bridgehead atoms. The third-order valence-corrected chi connectivity index (χ3v) is 3.73. The Balaban J connectivity index is 2.26. The minimum atomic E-state index is -0.345. The summed E-state index contributed by atoms with van der Waals surface area (Å²) in [6.45, 7) is 2.12. The number of nitrogens with zero attached hydrogens (tertiary/aromatic N) is 1. The predicted octanol–water partition coefficient (Wildman–Crippen LogP) is 3.65. The number of halogens is 1. The zero-order valence-electron chi connectivity index (χ0n) is 10.4. The van der Waals surface area contributed by atoms with Crippen LogP contribution in [0.2, 0.25) is 0 Å². The first-order valence-corrected chi connectivity index (χ1v) is 6.88. The molecule has 0 aliphatic rings. The van der Waals surface area contributed by atoms with Crippen LogP contribution in [0.25, 0.3) is 0 Å². The van der Waals surface area contributed by atoms with E-state index in [1.807, 2.05) is 36.5 Å². The molecule has 0 aliphatic heterocycles. The smallest absolute Gasteiger partial charge is 0.0462 e. The molecule has 1 heterocycles. The van der Waals surface area contributed by atoms with Crippen LogP contribution in [0.5, 0.6) is 0 Å². The quantitative estimate of drug-likeness (QED) is 0.936. The number of rotatable bonds is 4. The maximum Gasteiger partial charge on any atom is 0.0462 e. The van der Waals surface area contributed by atoms with Gasteiger partial charge in [-0.2, -0.15) is 0 Å². The summed E-state index contributed by atoms with van der Waals surface area (Å²) < 4.78 is 0.991. The monoisotopic (exact) mass is 304 g/mol. The van der Waals surface area contributed by atoms with Gasteiger partial charge >= 0.3 is 0 Å². The highest BCUT2D eigenvalue weighted by Gasteiger charge is 2.25. The van der Waals surface area contributed by atoms with Gasteiger partial charge in [-0.15, -0.1) is 0 Å². The molecular formula is C15H17BrN2. The van der Waals surface area contributed by atoms with E-state index < -0.39 is 0 Å². The summed E-state index contributed by atoms with van der Waals surface area (Å²) >= 11 is 3.39. The summed E-state index contributed by atoms with van der Waals surface area (Å²) in [7, 11) is 0. The lowest BCUT2D eigenvalue weighted by Crippen LogP contribution is -2.38. The van der Waals surface area contributed by atoms with E-state index in [-0.39, 0.29) is 5.54 Å². The van der Waals surface area contributed by atoms with Gasteiger partial charge in [-0.3, -0.25) is 4.98 Å². The lowest BCUT2D eigenvalue weighted by molar-refractivity contribution is 0.420. The fraction of sp³-hybridized carbons (Fsp3) is 0.267. The molecule has 1 aromatic carbocycles. The van der Waals surface area contributed by atoms with E-state index in [0.717, 1.165) is 28.6 Å². The molecule has 2 nitrogen and oxygen atoms in total. The van der Waals surface area contributed by atoms with Gasteiger partial charge in [0.15, 0.2) is 0 Å². The molecular weight excluding hydrogens is 288 g/mol. The van der Waals surface area contributed by atoms with Gasteiger partial charge in [0.25, 0.3) is 0 Å². The highest BCUT2D eigenvalue weighted by molar-refractivity contribution is 9.10. The van der Waals surface area contributed by atoms with Crippen LogP contribution >= 0.6 is 15.9 Å². The second-order valence-electron chi connectivity index (χ2n) is 4.52. The third-order valence-electron chi connectivity index (χ3n) is 3.26. The molecule has 0 fully saturated rings. The van der Waals surface area contributed by atoms with Crippen LogP contribution in [0.15, 0.2) is 53.1 Å². The van der Waals surface area contributed by atoms with Gasteiger partial charge in [-0.25, -0.2) is 0 Å². The van der Waals surface area contributed by atoms with Crippen molar-refractivity contribution in [3.05, 3.63) is 64.4 Å². The summed E-state index contributed by atoms with van der Waals surface area (Å²) in [6, 6.07) is 14.3. The van der Waals surface area contributed by atoms with Crippen LogP contribution in [0.1, 0.15) is 24.6 Å². The van der Waals surface area contributed by atoms with Crippen LogP contribution in [0.4, 0.5) is 0 Å². The van der Waals surface area contributed by atoms with E-state index in [9.17, 15) is 0 Å². The molecule has 0 saturated heterocycles. The van der Waals surface area contributed by atoms with Crippen molar-refractivity contribution in [2.24, 2.45) is 5.73 Å². The second-order valence-corrected chi connectivity index (χ2v) is 5.44. The number of hydrogen-bond donors (Lipinski definition) is 1. The normalized spacial score (nSPS) is 14.2. The molecule has 1 atom stereocenters. The summed E-state index contributed by atoms with van der Waals surface area (Å²) in [4.78, 5) is 4.41. The second kappa shape index (κ2) is 5.63. The van der Waals surface area contributed by atoms with Crippen molar-refractivity contribution in [1.82, 2.24) is 4.98 Å². The third kappa shape index (κ3) is 2.98. The standard InChI is InChI=1S/C15H17BrN2/c1-2-15(17,12-6-4-3-5-7-12)10-14-9-8-13(16)11-18-14/h3-9,11H,2,10,17H2,1H3. The van der Waals surface area contributed by atoms with Gasteiger partial charge < -0.3 is 5.73 Å². The van der Waals surface area contributed by atoms with Crippen LogP contribution in [-0.4, -0.2) is 4.98 Å². The topological polar surface area (TPSA) is 38.9 Å². The minimum Gasteiger partial charge on any atom is -0.321 e. The summed E-state index contributed by atoms with van der Waals surface area (Å²) in [5.74, 6) is 0. The van der Waals surface area contributed by atoms with Gasteiger partial charge in [0, 0.05) is 28.3 Å². The summed E-state index contributed by atoms with van der Waals surface area (Å²) in [6.07, 6.45) is 3.45. The number of nitrogens with two attached hydrogens (primary N) is 1. The van der Waals surface area contributed by atoms with E-state index >= 15 is 0 Å². The van der Waals surface area contributed by atoms with Crippen LogP contribution in [-0.2, 0) is 12.0 Å². The van der Waals surface area contributed by atoms with E-state index in [1.54, 1.807) is 0 Å². The molecule has 0 saturated carbocycles. The summed E-state index contributed by atoms with van der Waals surface area (Å²) in [5.41, 5.74) is 8.38. The number of aromatic nitrogens is 1. The molecule has 1 aromatic heterocycles. The Morgan fingerprint density at radius 2 is 1.89 bits per heavy atom. The SMILES string of the molecule is CCC(N)(Cc1ccc(Br)cn1)c1ccccc1. The lowest BCUT2D eigenvalue weighted by Gasteiger charge is -2.28. The predicted molar refractivity (Wildman–Crippen MR) is 78.2 cm³/mol. The molecule has 3 heteroatoms. The maximum absolute atomic E-state index is 6.54. The summed E-state index contributed by atoms with van der Waals surface area (Å²) in [5, 5.41) is 0. The highest BCUT2D eigenvalue weighted by atomic mass is 79.9. The first-order valence-electron chi connectivity index (χ1n) is 6.09. The van der Waals surface area contributed by atoms with Crippen molar-refractivity contribution in [2.75, 3.05) is 0 Å². The Labute approximate surface area is 116 Å². The Bertz CT molecular complexity index is 496. The van der Waals surface area contributed by atoms with Crippen molar-refractivity contribution in [2.45, 2.75) is 25.3 Å². The largest absolute Gasteiger partial charge is 0.321 e. The molecule has 0 amide bonds. The minimum absolute atomic E-state index is 0.345. The molecule has 0 aliphatic carbocycles. The molecule has 2 rings (SSSR count). The molecule has 1 unspecified atom stereocenters. The van der Waals surface area contributed by atoms with Gasteiger partial charge in [0.05, 0.1) is 0 Å². The van der Waals surface area contributed by atoms with E-state index in [0.29, 0.717) is 0 Å². The number of pyridine rings is 1. The first kappa shape index (κ1) is 13.2. The van der Waals surface area contributed by atoms with Crippen molar-refractivity contribution >= 4 is 15.9 Å². The average Bonchev–Trinajstić information content (AvgIpc) is 2.42. The fourth-order valence-corrected chi connectivity index (χ4v) is 2.27.